The fraction of sp³-hybridized carbons (Fsp3) is 0.444. The number of amides is 1. The van der Waals surface area contributed by atoms with Crippen molar-refractivity contribution < 1.29 is 9.59 Å². The second-order valence-electron chi connectivity index (χ2n) is 6.58. The number of nitrogens with zero attached hydrogens (tertiary/aromatic N) is 4. The molecule has 25 heavy (non-hydrogen) atoms. The Morgan fingerprint density at radius 1 is 1.36 bits per heavy atom. The van der Waals surface area contributed by atoms with Crippen LogP contribution in [0.1, 0.15) is 35.2 Å². The van der Waals surface area contributed by atoms with E-state index in [-0.39, 0.29) is 29.8 Å². The lowest BCUT2D eigenvalue weighted by molar-refractivity contribution is -0.132. The van der Waals surface area contributed by atoms with E-state index >= 15 is 0 Å². The number of carbonyl (C=O) groups excluding carboxylic acids is 2. The van der Waals surface area contributed by atoms with E-state index in [1.807, 2.05) is 13.0 Å². The molecule has 0 unspecified atom stereocenters. The van der Waals surface area contributed by atoms with E-state index in [1.54, 1.807) is 35.2 Å². The first-order valence-electron chi connectivity index (χ1n) is 8.42. The van der Waals surface area contributed by atoms with Gasteiger partial charge in [0, 0.05) is 44.5 Å². The maximum Gasteiger partial charge on any atom is 0.251 e. The zero-order valence-electron chi connectivity index (χ0n) is 14.5. The second-order valence-corrected chi connectivity index (χ2v) is 6.58. The van der Waals surface area contributed by atoms with Crippen molar-refractivity contribution >= 4 is 11.7 Å². The molecule has 3 rings (SSSR count). The highest BCUT2D eigenvalue weighted by Gasteiger charge is 2.30. The lowest BCUT2D eigenvalue weighted by Gasteiger charge is -2.24. The fourth-order valence-electron chi connectivity index (χ4n) is 3.25. The SMILES string of the molecule is Cc1ccn(CC(=O)N2CCC[C@H]2CC(=O)c2cnn(C)c2)c(=O)c1. The summed E-state index contributed by atoms with van der Waals surface area (Å²) in [5.41, 5.74) is 1.25. The molecule has 0 radical (unpaired) electrons. The molecule has 0 spiro atoms. The van der Waals surface area contributed by atoms with Crippen molar-refractivity contribution in [3.8, 4) is 0 Å². The summed E-state index contributed by atoms with van der Waals surface area (Å²) < 4.78 is 3.00. The third kappa shape index (κ3) is 3.87. The molecule has 1 aliphatic rings. The molecule has 0 N–H and O–H groups in total. The van der Waals surface area contributed by atoms with E-state index in [0.29, 0.717) is 18.5 Å². The van der Waals surface area contributed by atoms with Crippen LogP contribution >= 0.6 is 0 Å². The Morgan fingerprint density at radius 2 is 2.16 bits per heavy atom. The maximum absolute atomic E-state index is 12.6. The van der Waals surface area contributed by atoms with E-state index in [9.17, 15) is 14.4 Å². The average molecular weight is 342 g/mol. The molecule has 0 bridgehead atoms. The Hall–Kier alpha value is -2.70. The highest BCUT2D eigenvalue weighted by Crippen LogP contribution is 2.22. The Balaban J connectivity index is 1.67. The van der Waals surface area contributed by atoms with Crippen LogP contribution in [0.15, 0.2) is 35.5 Å². The van der Waals surface area contributed by atoms with Gasteiger partial charge in [0.05, 0.1) is 11.8 Å². The monoisotopic (exact) mass is 342 g/mol. The summed E-state index contributed by atoms with van der Waals surface area (Å²) in [5.74, 6) is -0.127. The third-order valence-corrected chi connectivity index (χ3v) is 4.60. The van der Waals surface area contributed by atoms with Crippen LogP contribution in [0.4, 0.5) is 0 Å². The summed E-state index contributed by atoms with van der Waals surface area (Å²) in [4.78, 5) is 38.7. The summed E-state index contributed by atoms with van der Waals surface area (Å²) in [7, 11) is 1.77. The molecule has 7 nitrogen and oxygen atoms in total. The standard InChI is InChI=1S/C18H22N4O3/c1-13-5-7-21(17(24)8-13)12-18(25)22-6-3-4-15(22)9-16(23)14-10-19-20(2)11-14/h5,7-8,10-11,15H,3-4,6,9,12H2,1-2H3/t15-/m0/s1. The van der Waals surface area contributed by atoms with Crippen LogP contribution in [0.2, 0.25) is 0 Å². The third-order valence-electron chi connectivity index (χ3n) is 4.60. The van der Waals surface area contributed by atoms with Gasteiger partial charge < -0.3 is 9.47 Å². The predicted molar refractivity (Wildman–Crippen MR) is 92.3 cm³/mol. The minimum atomic E-state index is -0.185. The Labute approximate surface area is 145 Å². The van der Waals surface area contributed by atoms with Gasteiger partial charge in [0.25, 0.3) is 5.56 Å². The lowest BCUT2D eigenvalue weighted by Crippen LogP contribution is -2.40. The zero-order valence-corrected chi connectivity index (χ0v) is 14.5. The molecule has 0 aliphatic carbocycles. The molecule has 1 amide bonds. The van der Waals surface area contributed by atoms with Crippen LogP contribution in [0.3, 0.4) is 0 Å². The minimum absolute atomic E-state index is 0.00898. The molecule has 132 valence electrons. The Bertz CT molecular complexity index is 852. The number of rotatable bonds is 5. The number of carbonyl (C=O) groups is 2. The van der Waals surface area contributed by atoms with Crippen LogP contribution < -0.4 is 5.56 Å². The molecule has 2 aromatic rings. The lowest BCUT2D eigenvalue weighted by atomic mass is 10.0. The van der Waals surface area contributed by atoms with Gasteiger partial charge in [0.2, 0.25) is 5.91 Å². The highest BCUT2D eigenvalue weighted by molar-refractivity contribution is 5.96. The highest BCUT2D eigenvalue weighted by atomic mass is 16.2. The van der Waals surface area contributed by atoms with E-state index < -0.39 is 0 Å². The predicted octanol–water partition coefficient (Wildman–Crippen LogP) is 1.15. The molecule has 7 heteroatoms. The van der Waals surface area contributed by atoms with Crippen LogP contribution in [0.25, 0.3) is 0 Å². The van der Waals surface area contributed by atoms with Gasteiger partial charge in [-0.3, -0.25) is 19.1 Å². The number of Topliss-reactive ketones (excluding diaryl/α,β-unsaturated/α-hetero) is 1. The van der Waals surface area contributed by atoms with E-state index in [1.165, 1.54) is 10.6 Å². The minimum Gasteiger partial charge on any atom is -0.338 e. The maximum atomic E-state index is 12.6. The molecule has 1 aliphatic heterocycles. The van der Waals surface area contributed by atoms with Crippen molar-refractivity contribution in [1.29, 1.82) is 0 Å². The summed E-state index contributed by atoms with van der Waals surface area (Å²) in [6, 6.07) is 3.21. The summed E-state index contributed by atoms with van der Waals surface area (Å²) in [6.07, 6.45) is 6.85. The van der Waals surface area contributed by atoms with Gasteiger partial charge >= 0.3 is 0 Å². The Morgan fingerprint density at radius 3 is 2.84 bits per heavy atom. The summed E-state index contributed by atoms with van der Waals surface area (Å²) in [5, 5.41) is 4.02. The number of pyridine rings is 1. The normalized spacial score (nSPS) is 17.0. The first-order chi connectivity index (χ1) is 11.9. The van der Waals surface area contributed by atoms with Gasteiger partial charge in [0.15, 0.2) is 5.78 Å². The fourth-order valence-corrected chi connectivity index (χ4v) is 3.25. The number of hydrogen-bond donors (Lipinski definition) is 0. The van der Waals surface area contributed by atoms with E-state index in [0.717, 1.165) is 18.4 Å². The number of aryl methyl sites for hydroxylation is 2. The zero-order chi connectivity index (χ0) is 18.0. The van der Waals surface area contributed by atoms with E-state index in [4.69, 9.17) is 0 Å². The van der Waals surface area contributed by atoms with Crippen molar-refractivity contribution in [2.24, 2.45) is 7.05 Å². The van der Waals surface area contributed by atoms with Crippen molar-refractivity contribution in [2.75, 3.05) is 6.54 Å². The van der Waals surface area contributed by atoms with Crippen molar-refractivity contribution in [2.45, 2.75) is 38.8 Å². The number of aromatic nitrogens is 3. The molecule has 0 aromatic carbocycles. The van der Waals surface area contributed by atoms with Gasteiger partial charge in [-0.15, -0.1) is 0 Å². The quantitative estimate of drug-likeness (QED) is 0.764. The van der Waals surface area contributed by atoms with Gasteiger partial charge in [0.1, 0.15) is 6.54 Å². The molecule has 3 heterocycles. The summed E-state index contributed by atoms with van der Waals surface area (Å²) >= 11 is 0. The van der Waals surface area contributed by atoms with E-state index in [2.05, 4.69) is 5.10 Å². The van der Waals surface area contributed by atoms with Crippen LogP contribution in [-0.2, 0) is 18.4 Å². The van der Waals surface area contributed by atoms with Gasteiger partial charge in [-0.2, -0.15) is 5.10 Å². The van der Waals surface area contributed by atoms with Crippen molar-refractivity contribution in [3.05, 3.63) is 52.2 Å². The molecule has 1 saturated heterocycles. The topological polar surface area (TPSA) is 77.2 Å². The number of hydrogen-bond acceptors (Lipinski definition) is 4. The number of likely N-dealkylation sites (tertiary alicyclic amines) is 1. The number of ketones is 1. The van der Waals surface area contributed by atoms with Crippen LogP contribution in [0.5, 0.6) is 0 Å². The van der Waals surface area contributed by atoms with Gasteiger partial charge in [-0.25, -0.2) is 0 Å². The molecular formula is C18H22N4O3. The smallest absolute Gasteiger partial charge is 0.251 e. The summed E-state index contributed by atoms with van der Waals surface area (Å²) in [6.45, 7) is 2.48. The largest absolute Gasteiger partial charge is 0.338 e. The first-order valence-corrected chi connectivity index (χ1v) is 8.42. The van der Waals surface area contributed by atoms with Crippen LogP contribution in [-0.4, -0.2) is 43.5 Å². The van der Waals surface area contributed by atoms with Gasteiger partial charge in [-0.1, -0.05) is 0 Å². The van der Waals surface area contributed by atoms with Crippen LogP contribution in [0, 0.1) is 6.92 Å². The molecule has 1 atom stereocenters. The molecular weight excluding hydrogens is 320 g/mol. The average Bonchev–Trinajstić information content (AvgIpc) is 3.19. The molecule has 2 aromatic heterocycles. The first kappa shape index (κ1) is 17.1. The van der Waals surface area contributed by atoms with Crippen molar-refractivity contribution in [1.82, 2.24) is 19.2 Å². The molecule has 0 saturated carbocycles. The van der Waals surface area contributed by atoms with Crippen molar-refractivity contribution in [3.63, 3.8) is 0 Å². The van der Waals surface area contributed by atoms with Gasteiger partial charge in [-0.05, 0) is 31.4 Å². The second kappa shape index (κ2) is 7.04. The Kier molecular flexibility index (Phi) is 4.83. The molecule has 1 fully saturated rings.